The number of carbonyl (C=O) groups is 2. The molecule has 0 unspecified atom stereocenters. The van der Waals surface area contributed by atoms with E-state index in [1.807, 2.05) is 6.92 Å². The molecule has 0 radical (unpaired) electrons. The molecule has 2 aliphatic rings. The summed E-state index contributed by atoms with van der Waals surface area (Å²) in [4.78, 5) is 30.3. The van der Waals surface area contributed by atoms with Gasteiger partial charge in [0.2, 0.25) is 5.91 Å². The van der Waals surface area contributed by atoms with Crippen molar-refractivity contribution in [2.75, 3.05) is 26.7 Å². The first kappa shape index (κ1) is 15.4. The van der Waals surface area contributed by atoms with Crippen molar-refractivity contribution in [3.63, 3.8) is 0 Å². The van der Waals surface area contributed by atoms with Crippen molar-refractivity contribution < 1.29 is 9.59 Å². The van der Waals surface area contributed by atoms with E-state index in [1.165, 1.54) is 24.2 Å². The fraction of sp³-hybridized carbons (Fsp3) is 0.667. The van der Waals surface area contributed by atoms with Crippen molar-refractivity contribution in [3.05, 3.63) is 16.1 Å². The number of nitrogens with zero attached hydrogens (tertiary/aromatic N) is 2. The lowest BCUT2D eigenvalue weighted by atomic mass is 9.98. The second-order valence-corrected chi connectivity index (χ2v) is 7.26. The van der Waals surface area contributed by atoms with Crippen LogP contribution < -0.4 is 10.6 Å². The molecular weight excluding hydrogens is 300 g/mol. The Morgan fingerprint density at radius 3 is 2.77 bits per heavy atom. The first-order chi connectivity index (χ1) is 10.6. The number of thiazole rings is 1. The van der Waals surface area contributed by atoms with Gasteiger partial charge in [0.15, 0.2) is 0 Å². The third-order valence-electron chi connectivity index (χ3n) is 4.48. The number of carbonyl (C=O) groups excluding carboxylic acids is 2. The standard InChI is InChI=1S/C15H22N4O2S/c1-9-17-13(8-22-9)15(21)18-12-6-19(7-14(20)16-2)5-11(12)10-3-4-10/h8,10-12H,3-7H2,1-2H3,(H,16,20)(H,18,21)/t11-,12+/m1/s1. The number of aromatic nitrogens is 1. The summed E-state index contributed by atoms with van der Waals surface area (Å²) >= 11 is 1.49. The molecule has 0 aromatic carbocycles. The number of rotatable bonds is 5. The van der Waals surface area contributed by atoms with Crippen molar-refractivity contribution in [3.8, 4) is 0 Å². The summed E-state index contributed by atoms with van der Waals surface area (Å²) < 4.78 is 0. The summed E-state index contributed by atoms with van der Waals surface area (Å²) in [5.74, 6) is 1.07. The number of nitrogens with one attached hydrogen (secondary N) is 2. The predicted octanol–water partition coefficient (Wildman–Crippen LogP) is 0.638. The molecule has 0 spiro atoms. The second-order valence-electron chi connectivity index (χ2n) is 6.20. The highest BCUT2D eigenvalue weighted by Crippen LogP contribution is 2.41. The minimum atomic E-state index is -0.0956. The first-order valence-electron chi connectivity index (χ1n) is 7.72. The van der Waals surface area contributed by atoms with E-state index in [4.69, 9.17) is 0 Å². The number of aryl methyl sites for hydroxylation is 1. The quantitative estimate of drug-likeness (QED) is 0.834. The highest BCUT2D eigenvalue weighted by molar-refractivity contribution is 7.09. The van der Waals surface area contributed by atoms with Crippen molar-refractivity contribution in [2.45, 2.75) is 25.8 Å². The zero-order valence-corrected chi connectivity index (χ0v) is 13.8. The summed E-state index contributed by atoms with van der Waals surface area (Å²) in [5, 5.41) is 8.49. The molecule has 1 aliphatic carbocycles. The van der Waals surface area contributed by atoms with Crippen molar-refractivity contribution in [2.24, 2.45) is 11.8 Å². The van der Waals surface area contributed by atoms with Crippen LogP contribution in [0.2, 0.25) is 0 Å². The van der Waals surface area contributed by atoms with Crippen LogP contribution in [0.5, 0.6) is 0 Å². The summed E-state index contributed by atoms with van der Waals surface area (Å²) in [7, 11) is 1.65. The average Bonchev–Trinajstić information content (AvgIpc) is 3.13. The number of hydrogen-bond donors (Lipinski definition) is 2. The fourth-order valence-electron chi connectivity index (χ4n) is 3.19. The van der Waals surface area contributed by atoms with Gasteiger partial charge in [-0.1, -0.05) is 0 Å². The molecule has 120 valence electrons. The largest absolute Gasteiger partial charge is 0.358 e. The normalized spacial score (nSPS) is 25.2. The van der Waals surface area contributed by atoms with Gasteiger partial charge in [-0.25, -0.2) is 4.98 Å². The van der Waals surface area contributed by atoms with Crippen LogP contribution in [0.15, 0.2) is 5.38 Å². The van der Waals surface area contributed by atoms with E-state index in [1.54, 1.807) is 12.4 Å². The summed E-state index contributed by atoms with van der Waals surface area (Å²) in [5.41, 5.74) is 0.502. The molecule has 22 heavy (non-hydrogen) atoms. The van der Waals surface area contributed by atoms with Crippen LogP contribution >= 0.6 is 11.3 Å². The van der Waals surface area contributed by atoms with Crippen LogP contribution in [0.25, 0.3) is 0 Å². The number of hydrogen-bond acceptors (Lipinski definition) is 5. The molecule has 2 fully saturated rings. The van der Waals surface area contributed by atoms with Gasteiger partial charge in [-0.15, -0.1) is 11.3 Å². The fourth-order valence-corrected chi connectivity index (χ4v) is 3.78. The van der Waals surface area contributed by atoms with Crippen molar-refractivity contribution in [1.82, 2.24) is 20.5 Å². The maximum atomic E-state index is 12.3. The van der Waals surface area contributed by atoms with Crippen LogP contribution in [0.3, 0.4) is 0 Å². The highest BCUT2D eigenvalue weighted by atomic mass is 32.1. The Labute approximate surface area is 134 Å². The van der Waals surface area contributed by atoms with Crippen molar-refractivity contribution in [1.29, 1.82) is 0 Å². The van der Waals surface area contributed by atoms with E-state index in [0.29, 0.717) is 24.1 Å². The Balaban J connectivity index is 1.63. The summed E-state index contributed by atoms with van der Waals surface area (Å²) in [6.07, 6.45) is 2.47. The van der Waals surface area contributed by atoms with E-state index in [9.17, 15) is 9.59 Å². The molecule has 6 nitrogen and oxygen atoms in total. The molecule has 1 aromatic rings. The molecule has 1 saturated heterocycles. The molecule has 1 aromatic heterocycles. The SMILES string of the molecule is CNC(=O)CN1C[C@H](NC(=O)c2csc(C)n2)[C@@H](C2CC2)C1. The number of amides is 2. The van der Waals surface area contributed by atoms with Gasteiger partial charge < -0.3 is 10.6 Å². The maximum Gasteiger partial charge on any atom is 0.271 e. The van der Waals surface area contributed by atoms with Crippen LogP contribution in [0, 0.1) is 18.8 Å². The Morgan fingerprint density at radius 1 is 1.41 bits per heavy atom. The minimum absolute atomic E-state index is 0.0247. The predicted molar refractivity (Wildman–Crippen MR) is 84.8 cm³/mol. The average molecular weight is 322 g/mol. The molecule has 2 atom stereocenters. The monoisotopic (exact) mass is 322 g/mol. The highest BCUT2D eigenvalue weighted by Gasteiger charge is 2.43. The third-order valence-corrected chi connectivity index (χ3v) is 5.26. The Bertz CT molecular complexity index is 570. The van der Waals surface area contributed by atoms with Gasteiger partial charge in [0.05, 0.1) is 11.6 Å². The van der Waals surface area contributed by atoms with Crippen LogP contribution in [0.1, 0.15) is 28.3 Å². The minimum Gasteiger partial charge on any atom is -0.358 e. The van der Waals surface area contributed by atoms with Gasteiger partial charge in [-0.3, -0.25) is 14.5 Å². The molecule has 1 saturated carbocycles. The van der Waals surface area contributed by atoms with Gasteiger partial charge >= 0.3 is 0 Å². The maximum absolute atomic E-state index is 12.3. The Morgan fingerprint density at radius 2 is 2.18 bits per heavy atom. The zero-order valence-electron chi connectivity index (χ0n) is 13.0. The lowest BCUT2D eigenvalue weighted by molar-refractivity contribution is -0.121. The smallest absolute Gasteiger partial charge is 0.271 e. The van der Waals surface area contributed by atoms with Gasteiger partial charge in [0.1, 0.15) is 5.69 Å². The zero-order chi connectivity index (χ0) is 15.7. The van der Waals surface area contributed by atoms with Gasteiger partial charge in [0, 0.05) is 31.6 Å². The second kappa shape index (κ2) is 6.34. The molecule has 2 amide bonds. The number of likely N-dealkylation sites (N-methyl/N-ethyl adjacent to an activating group) is 1. The molecular formula is C15H22N4O2S. The molecule has 2 heterocycles. The first-order valence-corrected chi connectivity index (χ1v) is 8.60. The van der Waals surface area contributed by atoms with E-state index >= 15 is 0 Å². The van der Waals surface area contributed by atoms with E-state index in [-0.39, 0.29) is 17.9 Å². The van der Waals surface area contributed by atoms with Crippen LogP contribution in [0.4, 0.5) is 0 Å². The van der Waals surface area contributed by atoms with Crippen molar-refractivity contribution >= 4 is 23.2 Å². The third kappa shape index (κ3) is 3.47. The summed E-state index contributed by atoms with van der Waals surface area (Å²) in [6.45, 7) is 3.93. The number of likely N-dealkylation sites (tertiary alicyclic amines) is 1. The molecule has 1 aliphatic heterocycles. The molecule has 2 N–H and O–H groups in total. The topological polar surface area (TPSA) is 74.3 Å². The Hall–Kier alpha value is -1.47. The van der Waals surface area contributed by atoms with Crippen LogP contribution in [-0.2, 0) is 4.79 Å². The molecule has 3 rings (SSSR count). The van der Waals surface area contributed by atoms with E-state index < -0.39 is 0 Å². The van der Waals surface area contributed by atoms with E-state index in [0.717, 1.165) is 18.1 Å². The van der Waals surface area contributed by atoms with Gasteiger partial charge in [-0.2, -0.15) is 0 Å². The molecule has 0 bridgehead atoms. The van der Waals surface area contributed by atoms with Gasteiger partial charge in [0.25, 0.3) is 5.91 Å². The summed E-state index contributed by atoms with van der Waals surface area (Å²) in [6, 6.07) is 0.117. The lowest BCUT2D eigenvalue weighted by Gasteiger charge is -2.18. The van der Waals surface area contributed by atoms with Crippen LogP contribution in [-0.4, -0.2) is 54.4 Å². The lowest BCUT2D eigenvalue weighted by Crippen LogP contribution is -2.42. The molecule has 7 heteroatoms. The Kier molecular flexibility index (Phi) is 4.44. The van der Waals surface area contributed by atoms with E-state index in [2.05, 4.69) is 20.5 Å². The van der Waals surface area contributed by atoms with Gasteiger partial charge in [-0.05, 0) is 31.6 Å².